The quantitative estimate of drug-likeness (QED) is 0.484. The molecule has 0 radical (unpaired) electrons. The molecule has 3 rings (SSSR count). The number of halogens is 1. The molecule has 29 heavy (non-hydrogen) atoms. The van der Waals surface area contributed by atoms with Crippen LogP contribution in [0.25, 0.3) is 0 Å². The van der Waals surface area contributed by atoms with Crippen LogP contribution < -0.4 is 10.1 Å². The molecule has 0 fully saturated rings. The van der Waals surface area contributed by atoms with Crippen molar-refractivity contribution in [3.05, 3.63) is 63.9 Å². The second-order valence-corrected chi connectivity index (χ2v) is 8.45. The number of para-hydroxylation sites is 1. The molecule has 1 atom stereocenters. The Morgan fingerprint density at radius 2 is 1.90 bits per heavy atom. The molecule has 0 aliphatic rings. The fourth-order valence-electron chi connectivity index (χ4n) is 2.80. The van der Waals surface area contributed by atoms with E-state index in [-0.39, 0.29) is 17.8 Å². The third kappa shape index (κ3) is 5.19. The first-order valence-corrected chi connectivity index (χ1v) is 10.9. The number of hydrogen-bond donors (Lipinski definition) is 1. The van der Waals surface area contributed by atoms with Gasteiger partial charge in [0.2, 0.25) is 5.91 Å². The highest BCUT2D eigenvalue weighted by Crippen LogP contribution is 2.27. The number of aromatic nitrogens is 3. The second-order valence-electron chi connectivity index (χ2n) is 6.65. The van der Waals surface area contributed by atoms with Gasteiger partial charge in [0.1, 0.15) is 5.75 Å². The van der Waals surface area contributed by atoms with Gasteiger partial charge in [-0.25, -0.2) is 0 Å². The molecular formula is C21H23BrN4O2S. The molecule has 0 saturated carbocycles. The van der Waals surface area contributed by atoms with Gasteiger partial charge in [-0.05, 0) is 56.2 Å². The van der Waals surface area contributed by atoms with E-state index in [0.717, 1.165) is 27.0 Å². The summed E-state index contributed by atoms with van der Waals surface area (Å²) in [5.41, 5.74) is 2.98. The third-order valence-corrected chi connectivity index (χ3v) is 6.50. The molecule has 3 aromatic rings. The molecule has 0 spiro atoms. The zero-order valence-corrected chi connectivity index (χ0v) is 19.2. The Kier molecular flexibility index (Phi) is 6.97. The molecule has 0 unspecified atom stereocenters. The van der Waals surface area contributed by atoms with Gasteiger partial charge in [-0.3, -0.25) is 4.79 Å². The highest BCUT2D eigenvalue weighted by Gasteiger charge is 2.18. The fourth-order valence-corrected chi connectivity index (χ4v) is 3.95. The standard InChI is InChI=1S/C21H23BrN4O2S/c1-13-14(2)18(11-10-17(13)22)23-19(27)12-29-21-25-24-20(26(21)4)15(3)28-16-8-6-5-7-9-16/h5-11,15H,12H2,1-4H3,(H,23,27)/t15-/m0/s1. The highest BCUT2D eigenvalue weighted by molar-refractivity contribution is 9.10. The summed E-state index contributed by atoms with van der Waals surface area (Å²) in [6.45, 7) is 5.94. The predicted octanol–water partition coefficient (Wildman–Crippen LogP) is 5.07. The number of benzene rings is 2. The lowest BCUT2D eigenvalue weighted by atomic mass is 10.1. The van der Waals surface area contributed by atoms with Crippen LogP contribution >= 0.6 is 27.7 Å². The van der Waals surface area contributed by atoms with E-state index in [9.17, 15) is 4.79 Å². The highest BCUT2D eigenvalue weighted by atomic mass is 79.9. The molecule has 0 bridgehead atoms. The number of rotatable bonds is 7. The zero-order chi connectivity index (χ0) is 21.0. The summed E-state index contributed by atoms with van der Waals surface area (Å²) in [5.74, 6) is 1.64. The Morgan fingerprint density at radius 3 is 2.62 bits per heavy atom. The van der Waals surface area contributed by atoms with Gasteiger partial charge in [-0.15, -0.1) is 10.2 Å². The van der Waals surface area contributed by atoms with Gasteiger partial charge in [-0.2, -0.15) is 0 Å². The molecule has 1 N–H and O–H groups in total. The molecule has 1 heterocycles. The van der Waals surface area contributed by atoms with Gasteiger partial charge < -0.3 is 14.6 Å². The van der Waals surface area contributed by atoms with E-state index in [0.29, 0.717) is 11.0 Å². The van der Waals surface area contributed by atoms with E-state index in [1.807, 2.05) is 74.9 Å². The van der Waals surface area contributed by atoms with Crippen molar-refractivity contribution in [2.24, 2.45) is 7.05 Å². The van der Waals surface area contributed by atoms with Crippen LogP contribution in [0.5, 0.6) is 5.75 Å². The Balaban J connectivity index is 1.60. The first kappa shape index (κ1) is 21.4. The number of carbonyl (C=O) groups is 1. The van der Waals surface area contributed by atoms with Gasteiger partial charge in [-0.1, -0.05) is 45.9 Å². The first-order valence-electron chi connectivity index (χ1n) is 9.16. The molecule has 6 nitrogen and oxygen atoms in total. The summed E-state index contributed by atoms with van der Waals surface area (Å²) < 4.78 is 8.81. The van der Waals surface area contributed by atoms with Crippen LogP contribution in [-0.2, 0) is 11.8 Å². The predicted molar refractivity (Wildman–Crippen MR) is 119 cm³/mol. The Labute approximate surface area is 183 Å². The van der Waals surface area contributed by atoms with E-state index in [1.165, 1.54) is 11.8 Å². The van der Waals surface area contributed by atoms with Gasteiger partial charge in [0.05, 0.1) is 5.75 Å². The maximum absolute atomic E-state index is 12.4. The zero-order valence-electron chi connectivity index (χ0n) is 16.8. The van der Waals surface area contributed by atoms with Crippen molar-refractivity contribution in [3.8, 4) is 5.75 Å². The Morgan fingerprint density at radius 1 is 1.17 bits per heavy atom. The maximum Gasteiger partial charge on any atom is 0.234 e. The number of thioether (sulfide) groups is 1. The number of carbonyl (C=O) groups excluding carboxylic acids is 1. The smallest absolute Gasteiger partial charge is 0.234 e. The molecule has 152 valence electrons. The lowest BCUT2D eigenvalue weighted by molar-refractivity contribution is -0.113. The van der Waals surface area contributed by atoms with E-state index >= 15 is 0 Å². The summed E-state index contributed by atoms with van der Waals surface area (Å²) in [5, 5.41) is 12.1. The lowest BCUT2D eigenvalue weighted by Gasteiger charge is -2.14. The Hall–Kier alpha value is -2.32. The second kappa shape index (κ2) is 9.45. The number of ether oxygens (including phenoxy) is 1. The molecule has 8 heteroatoms. The monoisotopic (exact) mass is 474 g/mol. The molecular weight excluding hydrogens is 452 g/mol. The minimum Gasteiger partial charge on any atom is -0.483 e. The number of hydrogen-bond acceptors (Lipinski definition) is 5. The molecule has 1 amide bonds. The van der Waals surface area contributed by atoms with Crippen molar-refractivity contribution in [3.63, 3.8) is 0 Å². The first-order chi connectivity index (χ1) is 13.9. The minimum absolute atomic E-state index is 0.0852. The van der Waals surface area contributed by atoms with Crippen LogP contribution in [0.15, 0.2) is 52.1 Å². The van der Waals surface area contributed by atoms with Gasteiger partial charge in [0.15, 0.2) is 17.1 Å². The summed E-state index contributed by atoms with van der Waals surface area (Å²) in [6.07, 6.45) is -0.258. The number of nitrogens with zero attached hydrogens (tertiary/aromatic N) is 3. The van der Waals surface area contributed by atoms with Crippen LogP contribution in [0.3, 0.4) is 0 Å². The topological polar surface area (TPSA) is 69.0 Å². The largest absolute Gasteiger partial charge is 0.483 e. The van der Waals surface area contributed by atoms with Crippen LogP contribution in [0.4, 0.5) is 5.69 Å². The van der Waals surface area contributed by atoms with Crippen molar-refractivity contribution < 1.29 is 9.53 Å². The average Bonchev–Trinajstić information content (AvgIpc) is 3.08. The summed E-state index contributed by atoms with van der Waals surface area (Å²) in [6, 6.07) is 13.4. The van der Waals surface area contributed by atoms with Crippen LogP contribution in [0, 0.1) is 13.8 Å². The van der Waals surface area contributed by atoms with Gasteiger partial charge in [0.25, 0.3) is 0 Å². The van der Waals surface area contributed by atoms with E-state index in [1.54, 1.807) is 0 Å². The number of anilines is 1. The van der Waals surface area contributed by atoms with Crippen molar-refractivity contribution in [1.82, 2.24) is 14.8 Å². The van der Waals surface area contributed by atoms with Crippen molar-refractivity contribution >= 4 is 39.3 Å². The molecule has 1 aromatic heterocycles. The molecule has 0 aliphatic carbocycles. The number of amides is 1. The SMILES string of the molecule is Cc1c(Br)ccc(NC(=O)CSc2nnc([C@H](C)Oc3ccccc3)n2C)c1C. The minimum atomic E-state index is -0.258. The fraction of sp³-hybridized carbons (Fsp3) is 0.286. The summed E-state index contributed by atoms with van der Waals surface area (Å²) >= 11 is 4.85. The Bertz CT molecular complexity index is 1010. The van der Waals surface area contributed by atoms with Crippen LogP contribution in [-0.4, -0.2) is 26.4 Å². The van der Waals surface area contributed by atoms with E-state index in [2.05, 4.69) is 31.4 Å². The average molecular weight is 475 g/mol. The van der Waals surface area contributed by atoms with E-state index < -0.39 is 0 Å². The van der Waals surface area contributed by atoms with Gasteiger partial charge in [0, 0.05) is 17.2 Å². The van der Waals surface area contributed by atoms with Crippen molar-refractivity contribution in [2.75, 3.05) is 11.1 Å². The third-order valence-electron chi connectivity index (χ3n) is 4.62. The van der Waals surface area contributed by atoms with Crippen LogP contribution in [0.1, 0.15) is 30.0 Å². The maximum atomic E-state index is 12.4. The lowest BCUT2D eigenvalue weighted by Crippen LogP contribution is -2.16. The number of nitrogens with one attached hydrogen (secondary N) is 1. The summed E-state index contributed by atoms with van der Waals surface area (Å²) in [7, 11) is 1.88. The van der Waals surface area contributed by atoms with Crippen molar-refractivity contribution in [2.45, 2.75) is 32.0 Å². The molecule has 2 aromatic carbocycles. The van der Waals surface area contributed by atoms with Gasteiger partial charge >= 0.3 is 0 Å². The van der Waals surface area contributed by atoms with Crippen LogP contribution in [0.2, 0.25) is 0 Å². The molecule has 0 saturated heterocycles. The van der Waals surface area contributed by atoms with E-state index in [4.69, 9.17) is 4.74 Å². The molecule has 0 aliphatic heterocycles. The normalized spacial score (nSPS) is 11.9. The van der Waals surface area contributed by atoms with Crippen molar-refractivity contribution in [1.29, 1.82) is 0 Å². The summed E-state index contributed by atoms with van der Waals surface area (Å²) in [4.78, 5) is 12.4.